The third-order valence-electron chi connectivity index (χ3n) is 6.66. The lowest BCUT2D eigenvalue weighted by Crippen LogP contribution is -2.40. The summed E-state index contributed by atoms with van der Waals surface area (Å²) in [7, 11) is 3.62. The average molecular weight is 430 g/mol. The number of nitrogens with one attached hydrogen (secondary N) is 1. The van der Waals surface area contributed by atoms with Crippen LogP contribution in [-0.4, -0.2) is 41.8 Å². The van der Waals surface area contributed by atoms with Crippen LogP contribution in [0.3, 0.4) is 0 Å². The molecule has 6 heteroatoms. The van der Waals surface area contributed by atoms with Gasteiger partial charge in [0.25, 0.3) is 5.91 Å². The first kappa shape index (κ1) is 20.5. The quantitative estimate of drug-likeness (QED) is 0.520. The summed E-state index contributed by atoms with van der Waals surface area (Å²) in [4.78, 5) is 17.9. The third-order valence-corrected chi connectivity index (χ3v) is 6.66. The molecular formula is C26H27N3O3. The lowest BCUT2D eigenvalue weighted by atomic mass is 9.93. The zero-order valence-electron chi connectivity index (χ0n) is 18.6. The van der Waals surface area contributed by atoms with Crippen molar-refractivity contribution in [1.29, 1.82) is 0 Å². The summed E-state index contributed by atoms with van der Waals surface area (Å²) in [5, 5.41) is 5.32. The fraction of sp³-hybridized carbons (Fsp3) is 0.308. The number of carbonyl (C=O) groups is 1. The molecule has 1 fully saturated rings. The van der Waals surface area contributed by atoms with Gasteiger partial charge >= 0.3 is 0 Å². The fourth-order valence-corrected chi connectivity index (χ4v) is 4.78. The standard InChI is InChI=1S/C26H27N3O3/c1-16-25(21-13-19(31-3)8-9-24(21)29(16)2)26(30)28-23-15-32-14-18(23)12-17-10-11-27-22-7-5-4-6-20(17)22/h4-11,13,18,23H,12,14-15H2,1-3H3,(H,28,30)/t18-,23-/m1/s1. The van der Waals surface area contributed by atoms with Crippen molar-refractivity contribution >= 4 is 27.7 Å². The van der Waals surface area contributed by atoms with E-state index in [-0.39, 0.29) is 17.9 Å². The molecule has 4 aromatic rings. The summed E-state index contributed by atoms with van der Waals surface area (Å²) in [6.45, 7) is 3.13. The Labute approximate surface area is 187 Å². The van der Waals surface area contributed by atoms with Crippen molar-refractivity contribution in [1.82, 2.24) is 14.9 Å². The van der Waals surface area contributed by atoms with Crippen molar-refractivity contribution in [3.63, 3.8) is 0 Å². The molecule has 0 radical (unpaired) electrons. The largest absolute Gasteiger partial charge is 0.497 e. The van der Waals surface area contributed by atoms with E-state index in [2.05, 4.69) is 27.0 Å². The van der Waals surface area contributed by atoms with Crippen LogP contribution in [0.15, 0.2) is 54.7 Å². The molecule has 1 saturated heterocycles. The van der Waals surface area contributed by atoms with Crippen LogP contribution in [0.25, 0.3) is 21.8 Å². The zero-order chi connectivity index (χ0) is 22.2. The Morgan fingerprint density at radius 1 is 1.19 bits per heavy atom. The summed E-state index contributed by atoms with van der Waals surface area (Å²) in [6, 6.07) is 16.0. The second kappa shape index (κ2) is 8.28. The Hall–Kier alpha value is -3.38. The van der Waals surface area contributed by atoms with Gasteiger partial charge in [0.15, 0.2) is 0 Å². The first-order valence-corrected chi connectivity index (χ1v) is 10.9. The van der Waals surface area contributed by atoms with Gasteiger partial charge in [0.05, 0.1) is 37.4 Å². The Morgan fingerprint density at radius 2 is 2.03 bits per heavy atom. The van der Waals surface area contributed by atoms with E-state index >= 15 is 0 Å². The molecule has 0 aliphatic carbocycles. The number of carbonyl (C=O) groups excluding carboxylic acids is 1. The van der Waals surface area contributed by atoms with Gasteiger partial charge in [0, 0.05) is 41.1 Å². The number of nitrogens with zero attached hydrogens (tertiary/aromatic N) is 2. The summed E-state index contributed by atoms with van der Waals surface area (Å²) < 4.78 is 13.2. The van der Waals surface area contributed by atoms with Crippen LogP contribution in [0.5, 0.6) is 5.75 Å². The second-order valence-electron chi connectivity index (χ2n) is 8.47. The smallest absolute Gasteiger partial charge is 0.254 e. The highest BCUT2D eigenvalue weighted by Gasteiger charge is 2.31. The molecule has 0 bridgehead atoms. The number of amides is 1. The highest BCUT2D eigenvalue weighted by Crippen LogP contribution is 2.30. The van der Waals surface area contributed by atoms with Gasteiger partial charge in [-0.05, 0) is 49.2 Å². The van der Waals surface area contributed by atoms with E-state index < -0.39 is 0 Å². The number of ether oxygens (including phenoxy) is 2. The molecule has 0 unspecified atom stereocenters. The van der Waals surface area contributed by atoms with Gasteiger partial charge in [-0.25, -0.2) is 0 Å². The van der Waals surface area contributed by atoms with Crippen molar-refractivity contribution in [2.24, 2.45) is 13.0 Å². The molecule has 0 saturated carbocycles. The number of aromatic nitrogens is 2. The SMILES string of the molecule is COc1ccc2c(c1)c(C(=O)N[C@@H]1COC[C@H]1Cc1ccnc3ccccc13)c(C)n2C. The van der Waals surface area contributed by atoms with Gasteiger partial charge in [0.2, 0.25) is 0 Å². The molecule has 0 spiro atoms. The Morgan fingerprint density at radius 3 is 2.88 bits per heavy atom. The minimum absolute atomic E-state index is 0.0466. The van der Waals surface area contributed by atoms with Gasteiger partial charge < -0.3 is 19.4 Å². The van der Waals surface area contributed by atoms with E-state index in [4.69, 9.17) is 9.47 Å². The summed E-state index contributed by atoms with van der Waals surface area (Å²) in [6.07, 6.45) is 2.68. The van der Waals surface area contributed by atoms with Crippen LogP contribution >= 0.6 is 0 Å². The number of benzene rings is 2. The molecule has 1 amide bonds. The third kappa shape index (κ3) is 3.50. The first-order chi connectivity index (χ1) is 15.6. The maximum absolute atomic E-state index is 13.4. The number of aryl methyl sites for hydroxylation is 1. The van der Waals surface area contributed by atoms with Gasteiger partial charge in [-0.2, -0.15) is 0 Å². The molecule has 1 N–H and O–H groups in total. The van der Waals surface area contributed by atoms with E-state index in [0.717, 1.165) is 39.7 Å². The summed E-state index contributed by atoms with van der Waals surface area (Å²) >= 11 is 0. The van der Waals surface area contributed by atoms with Crippen LogP contribution in [0.2, 0.25) is 0 Å². The van der Waals surface area contributed by atoms with Crippen LogP contribution in [0, 0.1) is 12.8 Å². The van der Waals surface area contributed by atoms with Crippen LogP contribution in [0.4, 0.5) is 0 Å². The normalized spacial score (nSPS) is 18.3. The van der Waals surface area contributed by atoms with Gasteiger partial charge in [-0.15, -0.1) is 0 Å². The van der Waals surface area contributed by atoms with Crippen molar-refractivity contribution in [2.75, 3.05) is 20.3 Å². The minimum atomic E-state index is -0.0681. The van der Waals surface area contributed by atoms with Crippen LogP contribution in [-0.2, 0) is 18.2 Å². The van der Waals surface area contributed by atoms with Crippen molar-refractivity contribution in [2.45, 2.75) is 19.4 Å². The number of pyridine rings is 1. The average Bonchev–Trinajstić information content (AvgIpc) is 3.35. The zero-order valence-corrected chi connectivity index (χ0v) is 18.6. The highest BCUT2D eigenvalue weighted by molar-refractivity contribution is 6.09. The number of para-hydroxylation sites is 1. The molecular weight excluding hydrogens is 402 g/mol. The second-order valence-corrected chi connectivity index (χ2v) is 8.47. The van der Waals surface area contributed by atoms with Gasteiger partial charge in [-0.1, -0.05) is 18.2 Å². The topological polar surface area (TPSA) is 65.4 Å². The van der Waals surface area contributed by atoms with E-state index in [1.54, 1.807) is 7.11 Å². The van der Waals surface area contributed by atoms with E-state index in [1.807, 2.05) is 56.6 Å². The maximum atomic E-state index is 13.4. The van der Waals surface area contributed by atoms with Crippen molar-refractivity contribution in [3.8, 4) is 5.75 Å². The fourth-order valence-electron chi connectivity index (χ4n) is 4.78. The number of hydrogen-bond acceptors (Lipinski definition) is 4. The van der Waals surface area contributed by atoms with Gasteiger partial charge in [-0.3, -0.25) is 9.78 Å². The maximum Gasteiger partial charge on any atom is 0.254 e. The molecule has 3 heterocycles. The number of methoxy groups -OCH3 is 1. The lowest BCUT2D eigenvalue weighted by molar-refractivity contribution is 0.0926. The minimum Gasteiger partial charge on any atom is -0.497 e. The molecule has 32 heavy (non-hydrogen) atoms. The number of rotatable bonds is 5. The molecule has 1 aliphatic rings. The number of hydrogen-bond donors (Lipinski definition) is 1. The predicted octanol–water partition coefficient (Wildman–Crippen LogP) is 4.03. The molecule has 2 aromatic carbocycles. The Kier molecular flexibility index (Phi) is 5.31. The monoisotopic (exact) mass is 429 g/mol. The Bertz CT molecular complexity index is 1310. The predicted molar refractivity (Wildman–Crippen MR) is 125 cm³/mol. The van der Waals surface area contributed by atoms with E-state index in [9.17, 15) is 4.79 Å². The molecule has 164 valence electrons. The van der Waals surface area contributed by atoms with Crippen LogP contribution in [0.1, 0.15) is 21.6 Å². The molecule has 2 atom stereocenters. The lowest BCUT2D eigenvalue weighted by Gasteiger charge is -2.20. The summed E-state index contributed by atoms with van der Waals surface area (Å²) in [5.41, 5.74) is 4.86. The molecule has 6 nitrogen and oxygen atoms in total. The molecule has 5 rings (SSSR count). The summed E-state index contributed by atoms with van der Waals surface area (Å²) in [5.74, 6) is 0.875. The van der Waals surface area contributed by atoms with Crippen LogP contribution < -0.4 is 10.1 Å². The first-order valence-electron chi connectivity index (χ1n) is 10.9. The molecule has 2 aromatic heterocycles. The molecule has 1 aliphatic heterocycles. The van der Waals surface area contributed by atoms with E-state index in [0.29, 0.717) is 18.8 Å². The van der Waals surface area contributed by atoms with Crippen molar-refractivity contribution < 1.29 is 14.3 Å². The van der Waals surface area contributed by atoms with Crippen molar-refractivity contribution in [3.05, 3.63) is 71.5 Å². The van der Waals surface area contributed by atoms with E-state index in [1.165, 1.54) is 5.56 Å². The highest BCUT2D eigenvalue weighted by atomic mass is 16.5. The van der Waals surface area contributed by atoms with Gasteiger partial charge in [0.1, 0.15) is 5.75 Å². The Balaban J connectivity index is 1.41. The number of fused-ring (bicyclic) bond motifs is 2.